The molecule has 0 bridgehead atoms. The molecule has 1 amide bonds. The quantitative estimate of drug-likeness (QED) is 0.492. The van der Waals surface area contributed by atoms with Gasteiger partial charge in [0.05, 0.1) is 7.11 Å². The van der Waals surface area contributed by atoms with Crippen LogP contribution in [0.4, 0.5) is 0 Å². The van der Waals surface area contributed by atoms with Crippen LogP contribution in [0.5, 0.6) is 0 Å². The van der Waals surface area contributed by atoms with Gasteiger partial charge in [0.2, 0.25) is 5.91 Å². The van der Waals surface area contributed by atoms with E-state index in [1.807, 2.05) is 0 Å². The maximum Gasteiger partial charge on any atom is 0.246 e. The number of allylic oxidation sites excluding steroid dienone is 2. The Balaban J connectivity index is 2.21. The highest BCUT2D eigenvalue weighted by molar-refractivity contribution is 5.75. The molecule has 13 heavy (non-hydrogen) atoms. The Kier molecular flexibility index (Phi) is 3.96. The molecule has 0 atom stereocenters. The topological polar surface area (TPSA) is 29.5 Å². The number of hydrogen-bond donors (Lipinski definition) is 0. The van der Waals surface area contributed by atoms with E-state index >= 15 is 0 Å². The first kappa shape index (κ1) is 10.3. The molecule has 0 aromatic carbocycles. The normalized spacial score (nSPS) is 15.7. The lowest BCUT2D eigenvalue weighted by Crippen LogP contribution is -2.24. The summed E-state index contributed by atoms with van der Waals surface area (Å²) in [6, 6.07) is 0. The molecule has 1 rings (SSSR count). The van der Waals surface area contributed by atoms with Crippen LogP contribution in [0.3, 0.4) is 0 Å². The van der Waals surface area contributed by atoms with Crippen molar-refractivity contribution in [2.45, 2.75) is 32.1 Å². The number of carbonyl (C=O) groups is 1. The van der Waals surface area contributed by atoms with E-state index in [-0.39, 0.29) is 5.91 Å². The maximum atomic E-state index is 11.3. The van der Waals surface area contributed by atoms with Gasteiger partial charge in [0.1, 0.15) is 0 Å². The van der Waals surface area contributed by atoms with Crippen LogP contribution < -0.4 is 0 Å². The predicted octanol–water partition coefficient (Wildman–Crippen LogP) is 1.90. The van der Waals surface area contributed by atoms with Crippen molar-refractivity contribution < 1.29 is 9.63 Å². The molecule has 0 fully saturated rings. The number of carbonyl (C=O) groups excluding carboxylic acids is 1. The average molecular weight is 183 g/mol. The van der Waals surface area contributed by atoms with Gasteiger partial charge in [-0.25, -0.2) is 5.06 Å². The van der Waals surface area contributed by atoms with Gasteiger partial charge >= 0.3 is 0 Å². The van der Waals surface area contributed by atoms with Crippen LogP contribution in [0.25, 0.3) is 0 Å². The molecule has 0 heterocycles. The molecule has 0 N–H and O–H groups in total. The standard InChI is InChI=1S/C10H17NO2/c1-11(13-2)10(12)8-7-9-5-3-4-6-9/h5H,3-4,6-8H2,1-2H3. The van der Waals surface area contributed by atoms with E-state index in [2.05, 4.69) is 6.08 Å². The zero-order valence-corrected chi connectivity index (χ0v) is 8.38. The molecule has 0 radical (unpaired) electrons. The molecule has 0 aromatic rings. The molecule has 1 aliphatic rings. The highest BCUT2D eigenvalue weighted by atomic mass is 16.7. The number of hydroxylamine groups is 2. The van der Waals surface area contributed by atoms with Gasteiger partial charge in [-0.3, -0.25) is 9.63 Å². The first-order valence-corrected chi connectivity index (χ1v) is 4.72. The van der Waals surface area contributed by atoms with Gasteiger partial charge in [0.25, 0.3) is 0 Å². The monoisotopic (exact) mass is 183 g/mol. The third kappa shape index (κ3) is 3.19. The van der Waals surface area contributed by atoms with Crippen LogP contribution in [0, 0.1) is 0 Å². The van der Waals surface area contributed by atoms with Gasteiger partial charge in [-0.05, 0) is 25.7 Å². The SMILES string of the molecule is CON(C)C(=O)CCC1=CCCC1. The van der Waals surface area contributed by atoms with Gasteiger partial charge in [-0.2, -0.15) is 0 Å². The second kappa shape index (κ2) is 5.02. The summed E-state index contributed by atoms with van der Waals surface area (Å²) in [5.41, 5.74) is 1.43. The lowest BCUT2D eigenvalue weighted by atomic mass is 10.1. The van der Waals surface area contributed by atoms with Crippen LogP contribution in [0.2, 0.25) is 0 Å². The molecular weight excluding hydrogens is 166 g/mol. The summed E-state index contributed by atoms with van der Waals surface area (Å²) in [5, 5.41) is 1.29. The van der Waals surface area contributed by atoms with E-state index in [0.717, 1.165) is 6.42 Å². The first-order chi connectivity index (χ1) is 6.24. The lowest BCUT2D eigenvalue weighted by molar-refractivity contribution is -0.168. The largest absolute Gasteiger partial charge is 0.275 e. The first-order valence-electron chi connectivity index (χ1n) is 4.72. The van der Waals surface area contributed by atoms with Crippen molar-refractivity contribution in [3.05, 3.63) is 11.6 Å². The maximum absolute atomic E-state index is 11.3. The summed E-state index contributed by atoms with van der Waals surface area (Å²) in [6.07, 6.45) is 7.32. The Morgan fingerprint density at radius 2 is 2.46 bits per heavy atom. The third-order valence-electron chi connectivity index (χ3n) is 2.42. The Morgan fingerprint density at radius 1 is 1.69 bits per heavy atom. The van der Waals surface area contributed by atoms with E-state index < -0.39 is 0 Å². The summed E-state index contributed by atoms with van der Waals surface area (Å²) in [4.78, 5) is 16.1. The number of nitrogens with zero attached hydrogens (tertiary/aromatic N) is 1. The summed E-state index contributed by atoms with van der Waals surface area (Å²) in [7, 11) is 3.15. The molecule has 74 valence electrons. The van der Waals surface area contributed by atoms with Crippen molar-refractivity contribution in [3.63, 3.8) is 0 Å². The van der Waals surface area contributed by atoms with Crippen molar-refractivity contribution in [1.29, 1.82) is 0 Å². The minimum absolute atomic E-state index is 0.0512. The highest BCUT2D eigenvalue weighted by Gasteiger charge is 2.10. The van der Waals surface area contributed by atoms with Gasteiger partial charge in [0.15, 0.2) is 0 Å². The Labute approximate surface area is 79.3 Å². The molecule has 0 aromatic heterocycles. The van der Waals surface area contributed by atoms with Gasteiger partial charge in [-0.15, -0.1) is 0 Å². The average Bonchev–Trinajstić information content (AvgIpc) is 2.65. The molecule has 1 aliphatic carbocycles. The van der Waals surface area contributed by atoms with Gasteiger partial charge < -0.3 is 0 Å². The zero-order chi connectivity index (χ0) is 9.68. The number of rotatable bonds is 4. The second-order valence-corrected chi connectivity index (χ2v) is 3.33. The zero-order valence-electron chi connectivity index (χ0n) is 8.38. The van der Waals surface area contributed by atoms with Crippen molar-refractivity contribution in [2.24, 2.45) is 0 Å². The minimum atomic E-state index is 0.0512. The van der Waals surface area contributed by atoms with Crippen LogP contribution in [0.1, 0.15) is 32.1 Å². The van der Waals surface area contributed by atoms with Crippen molar-refractivity contribution in [3.8, 4) is 0 Å². The van der Waals surface area contributed by atoms with Crippen LogP contribution in [-0.4, -0.2) is 25.1 Å². The van der Waals surface area contributed by atoms with Crippen LogP contribution in [0.15, 0.2) is 11.6 Å². The van der Waals surface area contributed by atoms with Crippen molar-refractivity contribution in [2.75, 3.05) is 14.2 Å². The highest BCUT2D eigenvalue weighted by Crippen LogP contribution is 2.21. The Morgan fingerprint density at radius 3 is 3.00 bits per heavy atom. The molecule has 3 nitrogen and oxygen atoms in total. The number of amides is 1. The van der Waals surface area contributed by atoms with E-state index in [0.29, 0.717) is 6.42 Å². The molecule has 0 spiro atoms. The molecular formula is C10H17NO2. The summed E-state index contributed by atoms with van der Waals surface area (Å²) in [6.45, 7) is 0. The van der Waals surface area contributed by atoms with Crippen LogP contribution >= 0.6 is 0 Å². The van der Waals surface area contributed by atoms with Crippen LogP contribution in [-0.2, 0) is 9.63 Å². The fraction of sp³-hybridized carbons (Fsp3) is 0.700. The molecule has 0 saturated heterocycles. The van der Waals surface area contributed by atoms with E-state index in [4.69, 9.17) is 4.84 Å². The minimum Gasteiger partial charge on any atom is -0.275 e. The number of hydrogen-bond acceptors (Lipinski definition) is 2. The van der Waals surface area contributed by atoms with E-state index in [9.17, 15) is 4.79 Å². The predicted molar refractivity (Wildman–Crippen MR) is 50.9 cm³/mol. The Hall–Kier alpha value is -0.830. The summed E-state index contributed by atoms with van der Waals surface area (Å²) in [5.74, 6) is 0.0512. The molecule has 0 aliphatic heterocycles. The Bertz CT molecular complexity index is 211. The summed E-state index contributed by atoms with van der Waals surface area (Å²) < 4.78 is 0. The summed E-state index contributed by atoms with van der Waals surface area (Å²) >= 11 is 0. The molecule has 0 unspecified atom stereocenters. The van der Waals surface area contributed by atoms with Gasteiger partial charge in [0, 0.05) is 13.5 Å². The van der Waals surface area contributed by atoms with Gasteiger partial charge in [-0.1, -0.05) is 11.6 Å². The van der Waals surface area contributed by atoms with Crippen molar-refractivity contribution >= 4 is 5.91 Å². The smallest absolute Gasteiger partial charge is 0.246 e. The van der Waals surface area contributed by atoms with E-state index in [1.165, 1.54) is 37.0 Å². The fourth-order valence-corrected chi connectivity index (χ4v) is 1.49. The molecule has 3 heteroatoms. The molecule has 0 saturated carbocycles. The lowest BCUT2D eigenvalue weighted by Gasteiger charge is -2.13. The third-order valence-corrected chi connectivity index (χ3v) is 2.42. The second-order valence-electron chi connectivity index (χ2n) is 3.33. The van der Waals surface area contributed by atoms with E-state index in [1.54, 1.807) is 7.05 Å². The van der Waals surface area contributed by atoms with Crippen molar-refractivity contribution in [1.82, 2.24) is 5.06 Å². The fourth-order valence-electron chi connectivity index (χ4n) is 1.49.